The van der Waals surface area contributed by atoms with E-state index in [4.69, 9.17) is 10.5 Å². The number of rotatable bonds is 8. The van der Waals surface area contributed by atoms with Gasteiger partial charge in [0, 0.05) is 38.7 Å². The number of amides is 2. The Morgan fingerprint density at radius 3 is 2.66 bits per heavy atom. The van der Waals surface area contributed by atoms with Crippen LogP contribution in [0.3, 0.4) is 0 Å². The van der Waals surface area contributed by atoms with Crippen LogP contribution in [0.2, 0.25) is 0 Å². The maximum Gasteiger partial charge on any atom is 0.352 e. The minimum Gasteiger partial charge on any atom is -0.489 e. The van der Waals surface area contributed by atoms with Crippen LogP contribution in [-0.4, -0.2) is 77.9 Å². The van der Waals surface area contributed by atoms with Crippen molar-refractivity contribution in [1.82, 2.24) is 15.2 Å². The number of fused-ring (bicyclic) bond motifs is 1. The molecule has 2 unspecified atom stereocenters. The highest BCUT2D eigenvalue weighted by Gasteiger charge is 2.54. The standard InChI is InChI=1S/C20H19N5O7S3/c1-35(31)11-4-2-10(3-5-11)32-6-9-7-33-18-14(17(27)25(18)15(9)19(28)29)23-16(26)13(24-30)12-8-34-20(21)22-12/h2-5,8,14,18,30H,6-7H2,1H3,(H2,21,22)(H,23,26)(H,28,29)/t14?,18-,35?/m0/s1. The predicted octanol–water partition coefficient (Wildman–Crippen LogP) is 0.459. The highest BCUT2D eigenvalue weighted by molar-refractivity contribution is 8.00. The van der Waals surface area contributed by atoms with Crippen molar-refractivity contribution >= 4 is 62.5 Å². The number of hydrogen-bond donors (Lipinski definition) is 4. The van der Waals surface area contributed by atoms with Crippen LogP contribution in [0.25, 0.3) is 0 Å². The fraction of sp³-hybridized carbons (Fsp3) is 0.250. The van der Waals surface area contributed by atoms with E-state index in [9.17, 15) is 28.9 Å². The molecule has 1 aromatic carbocycles. The quantitative estimate of drug-likeness (QED) is 0.160. The molecule has 12 nitrogen and oxygen atoms in total. The Hall–Kier alpha value is -3.43. The largest absolute Gasteiger partial charge is 0.489 e. The molecule has 0 spiro atoms. The SMILES string of the molecule is CS(=O)c1ccc(OCC2=C(C(=O)O)N3C(=O)C(NC(=O)C(=NO)c4csc(N)n4)[C@@H]3SC2)cc1. The lowest BCUT2D eigenvalue weighted by Gasteiger charge is -2.49. The van der Waals surface area contributed by atoms with Crippen LogP contribution >= 0.6 is 23.1 Å². The number of anilines is 1. The summed E-state index contributed by atoms with van der Waals surface area (Å²) in [7, 11) is -1.13. The molecular weight excluding hydrogens is 518 g/mol. The smallest absolute Gasteiger partial charge is 0.352 e. The van der Waals surface area contributed by atoms with Crippen molar-refractivity contribution in [1.29, 1.82) is 0 Å². The molecule has 1 fully saturated rings. The zero-order valence-corrected chi connectivity index (χ0v) is 20.5. The number of carbonyl (C=O) groups is 3. The number of benzene rings is 1. The summed E-state index contributed by atoms with van der Waals surface area (Å²) in [6.45, 7) is -0.0662. The van der Waals surface area contributed by atoms with Crippen molar-refractivity contribution in [3.05, 3.63) is 46.6 Å². The number of carbonyl (C=O) groups excluding carboxylic acids is 2. The van der Waals surface area contributed by atoms with Gasteiger partial charge in [0.05, 0.1) is 0 Å². The van der Waals surface area contributed by atoms with Gasteiger partial charge in [0.25, 0.3) is 11.8 Å². The van der Waals surface area contributed by atoms with E-state index in [1.165, 1.54) is 17.1 Å². The molecule has 2 amide bonds. The second-order valence-corrected chi connectivity index (χ2v) is 10.7. The number of nitrogen functional groups attached to an aromatic ring is 1. The van der Waals surface area contributed by atoms with Gasteiger partial charge in [0.15, 0.2) is 10.8 Å². The summed E-state index contributed by atoms with van der Waals surface area (Å²) in [5.41, 5.74) is 5.39. The molecule has 3 heterocycles. The van der Waals surface area contributed by atoms with Crippen LogP contribution in [0.4, 0.5) is 5.13 Å². The summed E-state index contributed by atoms with van der Waals surface area (Å²) in [6.07, 6.45) is 1.56. The second kappa shape index (κ2) is 10.1. The van der Waals surface area contributed by atoms with Gasteiger partial charge in [-0.15, -0.1) is 23.1 Å². The van der Waals surface area contributed by atoms with Gasteiger partial charge in [0.2, 0.25) is 0 Å². The van der Waals surface area contributed by atoms with Crippen molar-refractivity contribution in [2.75, 3.05) is 24.3 Å². The molecule has 2 aliphatic rings. The number of ether oxygens (including phenoxy) is 1. The number of nitrogens with one attached hydrogen (secondary N) is 1. The van der Waals surface area contributed by atoms with Gasteiger partial charge in [-0.05, 0) is 24.3 Å². The molecule has 0 saturated carbocycles. The van der Waals surface area contributed by atoms with E-state index in [1.54, 1.807) is 30.5 Å². The Kier molecular flexibility index (Phi) is 7.09. The molecule has 0 bridgehead atoms. The van der Waals surface area contributed by atoms with E-state index in [2.05, 4.69) is 15.5 Å². The number of aliphatic carboxylic acids is 1. The van der Waals surface area contributed by atoms with Crippen LogP contribution in [0.1, 0.15) is 5.69 Å². The normalized spacial score (nSPS) is 20.7. The fourth-order valence-electron chi connectivity index (χ4n) is 3.51. The summed E-state index contributed by atoms with van der Waals surface area (Å²) in [4.78, 5) is 43.0. The number of thioether (sulfide) groups is 1. The van der Waals surface area contributed by atoms with Crippen LogP contribution in [0, 0.1) is 0 Å². The molecule has 3 atom stereocenters. The van der Waals surface area contributed by atoms with Gasteiger partial charge in [-0.1, -0.05) is 5.16 Å². The number of hydrogen-bond acceptors (Lipinski definition) is 11. The van der Waals surface area contributed by atoms with Gasteiger partial charge < -0.3 is 26.1 Å². The molecule has 1 saturated heterocycles. The number of thiazole rings is 1. The summed E-state index contributed by atoms with van der Waals surface area (Å²) in [5, 5.41) is 25.4. The summed E-state index contributed by atoms with van der Waals surface area (Å²) in [6, 6.07) is 5.55. The Balaban J connectivity index is 1.46. The summed E-state index contributed by atoms with van der Waals surface area (Å²) >= 11 is 2.32. The predicted molar refractivity (Wildman–Crippen MR) is 129 cm³/mol. The third-order valence-corrected chi connectivity index (χ3v) is 8.13. The maximum atomic E-state index is 12.8. The maximum absolute atomic E-state index is 12.8. The topological polar surface area (TPSA) is 185 Å². The first-order chi connectivity index (χ1) is 16.7. The van der Waals surface area contributed by atoms with Crippen molar-refractivity contribution in [2.24, 2.45) is 5.16 Å². The van der Waals surface area contributed by atoms with E-state index in [1.807, 2.05) is 0 Å². The summed E-state index contributed by atoms with van der Waals surface area (Å²) in [5.74, 6) is -2.04. The molecular formula is C20H19N5O7S3. The molecule has 0 aliphatic carbocycles. The summed E-state index contributed by atoms with van der Waals surface area (Å²) < 4.78 is 17.2. The Morgan fingerprint density at radius 1 is 1.37 bits per heavy atom. The zero-order chi connectivity index (χ0) is 25.3. The monoisotopic (exact) mass is 537 g/mol. The van der Waals surface area contributed by atoms with Crippen LogP contribution in [0.5, 0.6) is 5.75 Å². The number of nitrogens with zero attached hydrogens (tertiary/aromatic N) is 3. The van der Waals surface area contributed by atoms with E-state index in [0.29, 0.717) is 16.2 Å². The highest BCUT2D eigenvalue weighted by atomic mass is 32.2. The molecule has 4 rings (SSSR count). The van der Waals surface area contributed by atoms with Crippen molar-refractivity contribution in [3.8, 4) is 5.75 Å². The minimum atomic E-state index is -1.29. The van der Waals surface area contributed by atoms with Crippen molar-refractivity contribution in [3.63, 3.8) is 0 Å². The van der Waals surface area contributed by atoms with Crippen molar-refractivity contribution < 1.29 is 33.6 Å². The molecule has 15 heteroatoms. The number of oxime groups is 1. The lowest BCUT2D eigenvalue weighted by Crippen LogP contribution is -2.71. The number of carboxylic acids is 1. The number of β-lactam (4-membered cyclic amide) rings is 1. The Morgan fingerprint density at radius 2 is 2.09 bits per heavy atom. The first-order valence-corrected chi connectivity index (χ1v) is 13.4. The zero-order valence-electron chi connectivity index (χ0n) is 18.0. The fourth-order valence-corrected chi connectivity index (χ4v) is 5.91. The van der Waals surface area contributed by atoms with Crippen LogP contribution in [-0.2, 0) is 25.2 Å². The van der Waals surface area contributed by atoms with E-state index in [-0.39, 0.29) is 28.9 Å². The molecule has 2 aromatic rings. The molecule has 0 radical (unpaired) electrons. The molecule has 2 aliphatic heterocycles. The first kappa shape index (κ1) is 24.7. The van der Waals surface area contributed by atoms with Crippen LogP contribution in [0.15, 0.2) is 51.0 Å². The van der Waals surface area contributed by atoms with Crippen molar-refractivity contribution in [2.45, 2.75) is 16.3 Å². The van der Waals surface area contributed by atoms with E-state index < -0.39 is 45.7 Å². The third-order valence-electron chi connectivity index (χ3n) is 5.18. The number of nitrogens with two attached hydrogens (primary N) is 1. The van der Waals surface area contributed by atoms with E-state index >= 15 is 0 Å². The Bertz CT molecular complexity index is 1270. The number of aromatic nitrogens is 1. The first-order valence-electron chi connectivity index (χ1n) is 9.91. The molecule has 184 valence electrons. The van der Waals surface area contributed by atoms with Crippen LogP contribution < -0.4 is 15.8 Å². The van der Waals surface area contributed by atoms with Gasteiger partial charge in [-0.25, -0.2) is 9.78 Å². The number of carboxylic acid groups (broad SMARTS) is 1. The van der Waals surface area contributed by atoms with E-state index in [0.717, 1.165) is 16.2 Å². The molecule has 35 heavy (non-hydrogen) atoms. The third kappa shape index (κ3) is 4.87. The average Bonchev–Trinajstić information content (AvgIpc) is 3.26. The average molecular weight is 538 g/mol. The lowest BCUT2D eigenvalue weighted by molar-refractivity contribution is -0.150. The van der Waals surface area contributed by atoms with Gasteiger partial charge >= 0.3 is 5.97 Å². The highest BCUT2D eigenvalue weighted by Crippen LogP contribution is 2.40. The Labute approximate surface area is 209 Å². The lowest BCUT2D eigenvalue weighted by atomic mass is 10.0. The van der Waals surface area contributed by atoms with Gasteiger partial charge in [-0.3, -0.25) is 18.7 Å². The van der Waals surface area contributed by atoms with Gasteiger partial charge in [0.1, 0.15) is 35.2 Å². The second-order valence-electron chi connectivity index (χ2n) is 7.35. The van der Waals surface area contributed by atoms with Gasteiger partial charge in [-0.2, -0.15) is 0 Å². The molecule has 1 aromatic heterocycles. The molecule has 5 N–H and O–H groups in total. The minimum absolute atomic E-state index is 0.0520.